The van der Waals surface area contributed by atoms with Crippen LogP contribution in [0.25, 0.3) is 11.1 Å². The molecule has 5 heteroatoms. The van der Waals surface area contributed by atoms with E-state index in [9.17, 15) is 4.79 Å². The molecule has 2 aromatic rings. The van der Waals surface area contributed by atoms with Gasteiger partial charge in [-0.05, 0) is 25.8 Å². The Morgan fingerprint density at radius 2 is 2.09 bits per heavy atom. The van der Waals surface area contributed by atoms with Crippen molar-refractivity contribution in [2.24, 2.45) is 0 Å². The molecule has 1 heterocycles. The highest BCUT2D eigenvalue weighted by molar-refractivity contribution is 5.79. The minimum Gasteiger partial charge on any atom is -0.382 e. The Balaban J connectivity index is 1.88. The van der Waals surface area contributed by atoms with Crippen LogP contribution in [-0.4, -0.2) is 35.4 Å². The van der Waals surface area contributed by atoms with E-state index in [1.165, 1.54) is 0 Å². The highest BCUT2D eigenvalue weighted by atomic mass is 16.5. The number of hydrogen-bond donors (Lipinski definition) is 1. The minimum atomic E-state index is -0.329. The molecule has 0 bridgehead atoms. The van der Waals surface area contributed by atoms with E-state index in [4.69, 9.17) is 4.74 Å². The van der Waals surface area contributed by atoms with E-state index in [2.05, 4.69) is 10.4 Å². The zero-order chi connectivity index (χ0) is 15.8. The molecule has 0 fully saturated rings. The summed E-state index contributed by atoms with van der Waals surface area (Å²) in [5.74, 6) is -0.0285. The van der Waals surface area contributed by atoms with Crippen molar-refractivity contribution in [3.8, 4) is 11.1 Å². The molecule has 1 atom stereocenters. The number of rotatable bonds is 8. The number of carbonyl (C=O) groups excluding carboxylic acids is 1. The third-order valence-corrected chi connectivity index (χ3v) is 3.45. The molecule has 0 radical (unpaired) electrons. The van der Waals surface area contributed by atoms with Crippen LogP contribution in [0, 0.1) is 0 Å². The number of ether oxygens (including phenoxy) is 1. The summed E-state index contributed by atoms with van der Waals surface area (Å²) in [7, 11) is 0. The van der Waals surface area contributed by atoms with E-state index >= 15 is 0 Å². The predicted molar refractivity (Wildman–Crippen MR) is 86.5 cm³/mol. The first kappa shape index (κ1) is 16.2. The molecule has 1 amide bonds. The second kappa shape index (κ2) is 8.34. The zero-order valence-corrected chi connectivity index (χ0v) is 13.2. The van der Waals surface area contributed by atoms with Crippen molar-refractivity contribution >= 4 is 5.91 Å². The number of nitrogens with one attached hydrogen (secondary N) is 1. The first-order valence-corrected chi connectivity index (χ1v) is 7.67. The van der Waals surface area contributed by atoms with Gasteiger partial charge in [-0.3, -0.25) is 9.48 Å². The van der Waals surface area contributed by atoms with E-state index < -0.39 is 0 Å². The highest BCUT2D eigenvalue weighted by Gasteiger charge is 2.15. The highest BCUT2D eigenvalue weighted by Crippen LogP contribution is 2.19. The first-order valence-electron chi connectivity index (χ1n) is 7.67. The van der Waals surface area contributed by atoms with Crippen molar-refractivity contribution in [2.45, 2.75) is 26.3 Å². The Morgan fingerprint density at radius 1 is 1.32 bits per heavy atom. The molecule has 5 nitrogen and oxygen atoms in total. The van der Waals surface area contributed by atoms with E-state index in [1.54, 1.807) is 10.9 Å². The van der Waals surface area contributed by atoms with Gasteiger partial charge in [-0.1, -0.05) is 30.3 Å². The molecular formula is C17H23N3O2. The fourth-order valence-electron chi connectivity index (χ4n) is 2.13. The van der Waals surface area contributed by atoms with E-state index in [-0.39, 0.29) is 11.9 Å². The van der Waals surface area contributed by atoms with Crippen molar-refractivity contribution in [1.82, 2.24) is 15.1 Å². The molecule has 0 spiro atoms. The van der Waals surface area contributed by atoms with Crippen molar-refractivity contribution < 1.29 is 9.53 Å². The molecule has 22 heavy (non-hydrogen) atoms. The molecule has 0 aliphatic heterocycles. The van der Waals surface area contributed by atoms with Crippen LogP contribution in [0.1, 0.15) is 26.3 Å². The predicted octanol–water partition coefficient (Wildman–Crippen LogP) is 2.65. The van der Waals surface area contributed by atoms with Gasteiger partial charge < -0.3 is 10.1 Å². The van der Waals surface area contributed by atoms with Gasteiger partial charge in [0, 0.05) is 31.5 Å². The average molecular weight is 301 g/mol. The van der Waals surface area contributed by atoms with Gasteiger partial charge in [-0.15, -0.1) is 0 Å². The smallest absolute Gasteiger partial charge is 0.244 e. The van der Waals surface area contributed by atoms with Crippen LogP contribution in [0.3, 0.4) is 0 Å². The van der Waals surface area contributed by atoms with Crippen molar-refractivity contribution in [2.75, 3.05) is 19.8 Å². The molecule has 1 aromatic carbocycles. The van der Waals surface area contributed by atoms with Crippen LogP contribution in [0.15, 0.2) is 42.7 Å². The maximum absolute atomic E-state index is 12.1. The molecule has 118 valence electrons. The Kier molecular flexibility index (Phi) is 6.15. The molecule has 0 saturated carbocycles. The third-order valence-electron chi connectivity index (χ3n) is 3.45. The maximum atomic E-state index is 12.1. The van der Waals surface area contributed by atoms with E-state index in [0.717, 1.165) is 17.5 Å². The van der Waals surface area contributed by atoms with Gasteiger partial charge in [0.25, 0.3) is 0 Å². The number of amides is 1. The second-order valence-corrected chi connectivity index (χ2v) is 5.09. The number of carbonyl (C=O) groups is 1. The number of nitrogens with zero attached hydrogens (tertiary/aromatic N) is 2. The Hall–Kier alpha value is -2.14. The lowest BCUT2D eigenvalue weighted by molar-refractivity contribution is -0.124. The number of benzene rings is 1. The molecular weight excluding hydrogens is 278 g/mol. The van der Waals surface area contributed by atoms with Gasteiger partial charge >= 0.3 is 0 Å². The van der Waals surface area contributed by atoms with Gasteiger partial charge in [0.05, 0.1) is 6.20 Å². The number of aromatic nitrogens is 2. The summed E-state index contributed by atoms with van der Waals surface area (Å²) in [5.41, 5.74) is 2.11. The van der Waals surface area contributed by atoms with Gasteiger partial charge in [-0.25, -0.2) is 0 Å². The summed E-state index contributed by atoms with van der Waals surface area (Å²) in [6, 6.07) is 9.68. The van der Waals surface area contributed by atoms with E-state index in [0.29, 0.717) is 19.8 Å². The van der Waals surface area contributed by atoms with Gasteiger partial charge in [-0.2, -0.15) is 5.10 Å². The molecule has 0 saturated heterocycles. The Labute approximate surface area is 131 Å². The summed E-state index contributed by atoms with van der Waals surface area (Å²) in [4.78, 5) is 12.1. The van der Waals surface area contributed by atoms with Crippen molar-refractivity contribution in [3.63, 3.8) is 0 Å². The lowest BCUT2D eigenvalue weighted by Gasteiger charge is -2.12. The SMILES string of the molecule is CCOCCCNC(=O)[C@@H](C)n1cc(-c2ccccc2)cn1. The van der Waals surface area contributed by atoms with Crippen LogP contribution < -0.4 is 5.32 Å². The normalized spacial score (nSPS) is 12.1. The van der Waals surface area contributed by atoms with Gasteiger partial charge in [0.1, 0.15) is 6.04 Å². The fraction of sp³-hybridized carbons (Fsp3) is 0.412. The Bertz CT molecular complexity index is 581. The zero-order valence-electron chi connectivity index (χ0n) is 13.2. The molecule has 0 aliphatic carbocycles. The maximum Gasteiger partial charge on any atom is 0.244 e. The summed E-state index contributed by atoms with van der Waals surface area (Å²) in [6.07, 6.45) is 4.51. The van der Waals surface area contributed by atoms with Gasteiger partial charge in [0.15, 0.2) is 0 Å². The average Bonchev–Trinajstić information content (AvgIpc) is 3.04. The second-order valence-electron chi connectivity index (χ2n) is 5.09. The lowest BCUT2D eigenvalue weighted by Crippen LogP contribution is -2.32. The van der Waals surface area contributed by atoms with Crippen LogP contribution in [-0.2, 0) is 9.53 Å². The lowest BCUT2D eigenvalue weighted by atomic mass is 10.1. The summed E-state index contributed by atoms with van der Waals surface area (Å²) >= 11 is 0. The van der Waals surface area contributed by atoms with Crippen molar-refractivity contribution in [3.05, 3.63) is 42.7 Å². The fourth-order valence-corrected chi connectivity index (χ4v) is 2.13. The topological polar surface area (TPSA) is 56.1 Å². The number of hydrogen-bond acceptors (Lipinski definition) is 3. The minimum absolute atomic E-state index is 0.0285. The summed E-state index contributed by atoms with van der Waals surface area (Å²) in [5, 5.41) is 7.21. The molecule has 1 aromatic heterocycles. The quantitative estimate of drug-likeness (QED) is 0.763. The van der Waals surface area contributed by atoms with Crippen molar-refractivity contribution in [1.29, 1.82) is 0 Å². The molecule has 1 N–H and O–H groups in total. The van der Waals surface area contributed by atoms with Crippen LogP contribution in [0.5, 0.6) is 0 Å². The molecule has 0 aliphatic rings. The standard InChI is InChI=1S/C17H23N3O2/c1-3-22-11-7-10-18-17(21)14(2)20-13-16(12-19-20)15-8-5-4-6-9-15/h4-6,8-9,12-14H,3,7,10-11H2,1-2H3,(H,18,21)/t14-/m1/s1. The van der Waals surface area contributed by atoms with Crippen LogP contribution in [0.4, 0.5) is 0 Å². The first-order chi connectivity index (χ1) is 10.7. The monoisotopic (exact) mass is 301 g/mol. The van der Waals surface area contributed by atoms with Crippen LogP contribution >= 0.6 is 0 Å². The van der Waals surface area contributed by atoms with Crippen LogP contribution in [0.2, 0.25) is 0 Å². The third kappa shape index (κ3) is 4.43. The largest absolute Gasteiger partial charge is 0.382 e. The summed E-state index contributed by atoms with van der Waals surface area (Å²) in [6.45, 7) is 5.81. The summed E-state index contributed by atoms with van der Waals surface area (Å²) < 4.78 is 6.94. The Morgan fingerprint density at radius 3 is 2.82 bits per heavy atom. The molecule has 0 unspecified atom stereocenters. The van der Waals surface area contributed by atoms with Gasteiger partial charge in [0.2, 0.25) is 5.91 Å². The molecule has 2 rings (SSSR count). The van der Waals surface area contributed by atoms with E-state index in [1.807, 2.05) is 50.4 Å².